The summed E-state index contributed by atoms with van der Waals surface area (Å²) < 4.78 is 40.9. The van der Waals surface area contributed by atoms with Gasteiger partial charge >= 0.3 is 0 Å². The molecular formula is C24H25FN2O3S. The third-order valence-electron chi connectivity index (χ3n) is 5.11. The number of nitrogens with one attached hydrogen (secondary N) is 1. The molecule has 0 saturated carbocycles. The van der Waals surface area contributed by atoms with Crippen LogP contribution in [0.2, 0.25) is 0 Å². The first-order valence-electron chi connectivity index (χ1n) is 9.94. The summed E-state index contributed by atoms with van der Waals surface area (Å²) in [5.74, 6) is -0.731. The van der Waals surface area contributed by atoms with Crippen molar-refractivity contribution >= 4 is 21.6 Å². The molecule has 5 nitrogen and oxygen atoms in total. The normalized spacial score (nSPS) is 11.2. The van der Waals surface area contributed by atoms with E-state index >= 15 is 0 Å². The predicted octanol–water partition coefficient (Wildman–Crippen LogP) is 4.00. The number of rotatable bonds is 8. The maximum atomic E-state index is 13.4. The van der Waals surface area contributed by atoms with E-state index in [-0.39, 0.29) is 17.3 Å². The minimum atomic E-state index is -3.94. The number of sulfonamides is 1. The van der Waals surface area contributed by atoms with E-state index < -0.39 is 15.9 Å². The van der Waals surface area contributed by atoms with Crippen molar-refractivity contribution in [1.82, 2.24) is 5.32 Å². The summed E-state index contributed by atoms with van der Waals surface area (Å²) in [6, 6.07) is 19.5. The smallest absolute Gasteiger partial charge is 0.264 e. The molecule has 3 rings (SSSR count). The van der Waals surface area contributed by atoms with E-state index in [1.165, 1.54) is 24.3 Å². The number of aryl methyl sites for hydroxylation is 1. The molecule has 1 N–H and O–H groups in total. The van der Waals surface area contributed by atoms with E-state index in [9.17, 15) is 17.6 Å². The largest absolute Gasteiger partial charge is 0.354 e. The number of hydrogen-bond donors (Lipinski definition) is 1. The average Bonchev–Trinajstić information content (AvgIpc) is 2.76. The van der Waals surface area contributed by atoms with Crippen molar-refractivity contribution in [2.24, 2.45) is 0 Å². The van der Waals surface area contributed by atoms with Crippen LogP contribution in [0.1, 0.15) is 16.7 Å². The van der Waals surface area contributed by atoms with Crippen LogP contribution >= 0.6 is 0 Å². The number of hydrogen-bond acceptors (Lipinski definition) is 3. The van der Waals surface area contributed by atoms with E-state index in [1.807, 2.05) is 19.9 Å². The molecule has 3 aromatic rings. The lowest BCUT2D eigenvalue weighted by atomic mass is 10.1. The number of halogens is 1. The lowest BCUT2D eigenvalue weighted by Gasteiger charge is -2.26. The van der Waals surface area contributed by atoms with E-state index in [1.54, 1.807) is 42.5 Å². The van der Waals surface area contributed by atoms with Crippen LogP contribution in [0.3, 0.4) is 0 Å². The molecule has 0 saturated heterocycles. The Morgan fingerprint density at radius 1 is 0.935 bits per heavy atom. The molecule has 1 amide bonds. The van der Waals surface area contributed by atoms with E-state index in [4.69, 9.17) is 0 Å². The van der Waals surface area contributed by atoms with Crippen molar-refractivity contribution in [3.8, 4) is 0 Å². The summed E-state index contributed by atoms with van der Waals surface area (Å²) >= 11 is 0. The zero-order valence-corrected chi connectivity index (χ0v) is 18.3. The van der Waals surface area contributed by atoms with Gasteiger partial charge in [-0.3, -0.25) is 9.10 Å². The van der Waals surface area contributed by atoms with Gasteiger partial charge in [0.05, 0.1) is 10.6 Å². The minimum Gasteiger partial charge on any atom is -0.354 e. The highest BCUT2D eigenvalue weighted by Crippen LogP contribution is 2.28. The standard InChI is InChI=1S/C24H25FN2O3S/c1-18-7-6-10-23(19(18)2)27(31(29,30)22-8-4-3-5-9-22)17-24(28)26-16-15-20-11-13-21(25)14-12-20/h3-14H,15-17H2,1-2H3,(H,26,28). The molecule has 0 spiro atoms. The van der Waals surface area contributed by atoms with Crippen molar-refractivity contribution in [2.75, 3.05) is 17.4 Å². The highest BCUT2D eigenvalue weighted by Gasteiger charge is 2.28. The SMILES string of the molecule is Cc1cccc(N(CC(=O)NCCc2ccc(F)cc2)S(=O)(=O)c2ccccc2)c1C. The van der Waals surface area contributed by atoms with Gasteiger partial charge in [0.25, 0.3) is 10.0 Å². The molecular weight excluding hydrogens is 415 g/mol. The molecule has 162 valence electrons. The number of carbonyl (C=O) groups excluding carboxylic acids is 1. The number of carbonyl (C=O) groups is 1. The molecule has 0 aliphatic rings. The third-order valence-corrected chi connectivity index (χ3v) is 6.89. The fourth-order valence-electron chi connectivity index (χ4n) is 3.21. The van der Waals surface area contributed by atoms with Crippen molar-refractivity contribution in [3.05, 3.63) is 95.3 Å². The second-order valence-corrected chi connectivity index (χ2v) is 9.13. The van der Waals surface area contributed by atoms with Crippen LogP contribution in [-0.4, -0.2) is 27.4 Å². The molecule has 0 bridgehead atoms. The molecule has 0 aliphatic carbocycles. The molecule has 7 heteroatoms. The van der Waals surface area contributed by atoms with E-state index in [0.717, 1.165) is 21.0 Å². The van der Waals surface area contributed by atoms with Crippen LogP contribution in [0.5, 0.6) is 0 Å². The minimum absolute atomic E-state index is 0.120. The Bertz CT molecular complexity index is 1150. The second-order valence-electron chi connectivity index (χ2n) is 7.27. The lowest BCUT2D eigenvalue weighted by molar-refractivity contribution is -0.119. The summed E-state index contributed by atoms with van der Waals surface area (Å²) in [7, 11) is -3.94. The van der Waals surface area contributed by atoms with Crippen molar-refractivity contribution in [2.45, 2.75) is 25.2 Å². The monoisotopic (exact) mass is 440 g/mol. The van der Waals surface area contributed by atoms with E-state index in [2.05, 4.69) is 5.32 Å². The Hall–Kier alpha value is -3.19. The topological polar surface area (TPSA) is 66.5 Å². The highest BCUT2D eigenvalue weighted by atomic mass is 32.2. The average molecular weight is 441 g/mol. The Balaban J connectivity index is 1.80. The molecule has 0 aromatic heterocycles. The number of nitrogens with zero attached hydrogens (tertiary/aromatic N) is 1. The van der Waals surface area contributed by atoms with Crippen LogP contribution in [0.25, 0.3) is 0 Å². The van der Waals surface area contributed by atoms with Gasteiger partial charge in [0, 0.05) is 6.54 Å². The zero-order valence-electron chi connectivity index (χ0n) is 17.5. The predicted molar refractivity (Wildman–Crippen MR) is 120 cm³/mol. The van der Waals surface area contributed by atoms with Gasteiger partial charge in [-0.15, -0.1) is 0 Å². The first-order valence-corrected chi connectivity index (χ1v) is 11.4. The van der Waals surface area contributed by atoms with E-state index in [0.29, 0.717) is 18.7 Å². The van der Waals surface area contributed by atoms with Crippen LogP contribution in [0.15, 0.2) is 77.7 Å². The van der Waals surface area contributed by atoms with Gasteiger partial charge in [0.15, 0.2) is 0 Å². The molecule has 0 atom stereocenters. The third kappa shape index (κ3) is 5.49. The Morgan fingerprint density at radius 2 is 1.61 bits per heavy atom. The molecule has 0 radical (unpaired) electrons. The molecule has 0 fully saturated rings. The molecule has 0 heterocycles. The fourth-order valence-corrected chi connectivity index (χ4v) is 4.71. The van der Waals surface area contributed by atoms with Crippen LogP contribution in [0.4, 0.5) is 10.1 Å². The summed E-state index contributed by atoms with van der Waals surface area (Å²) in [5.41, 5.74) is 3.08. The van der Waals surface area contributed by atoms with Gasteiger partial charge in [-0.05, 0) is 67.3 Å². The van der Waals surface area contributed by atoms with Crippen molar-refractivity contribution in [1.29, 1.82) is 0 Å². The first-order chi connectivity index (χ1) is 14.8. The molecule has 31 heavy (non-hydrogen) atoms. The van der Waals surface area contributed by atoms with Gasteiger partial charge in [0.1, 0.15) is 12.4 Å². The summed E-state index contributed by atoms with van der Waals surface area (Å²) in [6.07, 6.45) is 0.515. The Labute approximate surface area is 182 Å². The van der Waals surface area contributed by atoms with Gasteiger partial charge in [-0.1, -0.05) is 42.5 Å². The number of benzene rings is 3. The summed E-state index contributed by atoms with van der Waals surface area (Å²) in [5, 5.41) is 2.76. The van der Waals surface area contributed by atoms with Gasteiger partial charge in [-0.2, -0.15) is 0 Å². The second kappa shape index (κ2) is 9.75. The van der Waals surface area contributed by atoms with Gasteiger partial charge in [-0.25, -0.2) is 12.8 Å². The molecule has 0 unspecified atom stereocenters. The summed E-state index contributed by atoms with van der Waals surface area (Å²) in [4.78, 5) is 12.8. The maximum Gasteiger partial charge on any atom is 0.264 e. The fraction of sp³-hybridized carbons (Fsp3) is 0.208. The lowest BCUT2D eigenvalue weighted by Crippen LogP contribution is -2.41. The summed E-state index contributed by atoms with van der Waals surface area (Å²) in [6.45, 7) is 3.71. The first kappa shape index (κ1) is 22.5. The van der Waals surface area contributed by atoms with Gasteiger partial charge in [0.2, 0.25) is 5.91 Å². The van der Waals surface area contributed by atoms with Crippen LogP contribution < -0.4 is 9.62 Å². The highest BCUT2D eigenvalue weighted by molar-refractivity contribution is 7.92. The molecule has 0 aliphatic heterocycles. The maximum absolute atomic E-state index is 13.4. The zero-order chi connectivity index (χ0) is 22.4. The Kier molecular flexibility index (Phi) is 7.07. The van der Waals surface area contributed by atoms with Crippen LogP contribution in [0, 0.1) is 19.7 Å². The van der Waals surface area contributed by atoms with Crippen molar-refractivity contribution < 1.29 is 17.6 Å². The molecule has 3 aromatic carbocycles. The number of anilines is 1. The number of amides is 1. The van der Waals surface area contributed by atoms with Gasteiger partial charge < -0.3 is 5.32 Å². The Morgan fingerprint density at radius 3 is 2.29 bits per heavy atom. The van der Waals surface area contributed by atoms with Crippen LogP contribution in [-0.2, 0) is 21.2 Å². The van der Waals surface area contributed by atoms with Crippen molar-refractivity contribution in [3.63, 3.8) is 0 Å². The quantitative estimate of drug-likeness (QED) is 0.576.